The highest BCUT2D eigenvalue weighted by atomic mass is 16.5. The van der Waals surface area contributed by atoms with Crippen LogP contribution in [-0.4, -0.2) is 37.7 Å². The summed E-state index contributed by atoms with van der Waals surface area (Å²) in [7, 11) is 0. The number of hydrogen-bond acceptors (Lipinski definition) is 6. The van der Waals surface area contributed by atoms with E-state index in [2.05, 4.69) is 20.3 Å². The number of hydrogen-bond donors (Lipinski definition) is 2. The molecule has 9 nitrogen and oxygen atoms in total. The van der Waals surface area contributed by atoms with Gasteiger partial charge in [-0.05, 0) is 18.9 Å². The standard InChI is InChI=1S/C20H19N7O2/c21-19-24-17(13-5-2-1-3-6-13)16(14-8-9-22-23-11-14)18-25-26(20(28)27(18)19)12-15-7-4-10-29-15/h1-3,5-6,8-9,11,15H,4,7,10,12H2,(H2,21,22,24,25)/p+1/t15-/m1/s1. The molecule has 0 spiro atoms. The smallest absolute Gasteiger partial charge is 0.375 e. The van der Waals surface area contributed by atoms with Crippen LogP contribution in [0.3, 0.4) is 0 Å². The molecule has 1 saturated heterocycles. The van der Waals surface area contributed by atoms with Crippen LogP contribution in [0.25, 0.3) is 28.0 Å². The summed E-state index contributed by atoms with van der Waals surface area (Å²) >= 11 is 0. The Labute approximate surface area is 165 Å². The summed E-state index contributed by atoms with van der Waals surface area (Å²) < 4.78 is 8.63. The first kappa shape index (κ1) is 17.5. The van der Waals surface area contributed by atoms with Crippen LogP contribution in [-0.2, 0) is 11.3 Å². The normalized spacial score (nSPS) is 16.5. The van der Waals surface area contributed by atoms with E-state index in [-0.39, 0.29) is 17.7 Å². The minimum absolute atomic E-state index is 0.00943. The summed E-state index contributed by atoms with van der Waals surface area (Å²) in [5, 5.41) is 11.1. The molecule has 1 aromatic carbocycles. The predicted molar refractivity (Wildman–Crippen MR) is 106 cm³/mol. The van der Waals surface area contributed by atoms with E-state index in [9.17, 15) is 4.79 Å². The van der Waals surface area contributed by atoms with Gasteiger partial charge in [-0.25, -0.2) is 9.89 Å². The summed E-state index contributed by atoms with van der Waals surface area (Å²) in [5.41, 5.74) is 9.59. The van der Waals surface area contributed by atoms with Crippen molar-refractivity contribution in [2.45, 2.75) is 25.5 Å². The van der Waals surface area contributed by atoms with E-state index in [0.29, 0.717) is 17.9 Å². The van der Waals surface area contributed by atoms with E-state index in [1.165, 1.54) is 9.08 Å². The van der Waals surface area contributed by atoms with Crippen molar-refractivity contribution in [3.63, 3.8) is 0 Å². The maximum Gasteiger partial charge on any atom is 0.428 e. The van der Waals surface area contributed by atoms with Gasteiger partial charge in [-0.3, -0.25) is 0 Å². The minimum atomic E-state index is -0.275. The van der Waals surface area contributed by atoms with Gasteiger partial charge in [0.2, 0.25) is 5.65 Å². The summed E-state index contributed by atoms with van der Waals surface area (Å²) in [6, 6.07) is 11.6. The molecule has 1 fully saturated rings. The van der Waals surface area contributed by atoms with Crippen LogP contribution in [0.4, 0.5) is 5.95 Å². The molecule has 0 aliphatic carbocycles. The zero-order chi connectivity index (χ0) is 19.8. The van der Waals surface area contributed by atoms with Crippen molar-refractivity contribution in [2.75, 3.05) is 12.3 Å². The Hall–Kier alpha value is -3.59. The fourth-order valence-electron chi connectivity index (χ4n) is 3.79. The van der Waals surface area contributed by atoms with Crippen LogP contribution in [0.5, 0.6) is 0 Å². The largest absolute Gasteiger partial charge is 0.428 e. The fourth-order valence-corrected chi connectivity index (χ4v) is 3.79. The molecule has 0 unspecified atom stereocenters. The van der Waals surface area contributed by atoms with Crippen molar-refractivity contribution < 1.29 is 9.14 Å². The highest BCUT2D eigenvalue weighted by Crippen LogP contribution is 2.31. The summed E-state index contributed by atoms with van der Waals surface area (Å²) in [4.78, 5) is 17.6. The Morgan fingerprint density at radius 3 is 2.79 bits per heavy atom. The number of nitrogen functional groups attached to an aromatic ring is 1. The lowest BCUT2D eigenvalue weighted by atomic mass is 10.0. The number of aromatic amines is 1. The number of fused-ring (bicyclic) bond motifs is 1. The number of nitrogens with zero attached hydrogens (tertiary/aromatic N) is 5. The van der Waals surface area contributed by atoms with Gasteiger partial charge in [0.1, 0.15) is 12.2 Å². The predicted octanol–water partition coefficient (Wildman–Crippen LogP) is 1.20. The molecule has 4 aromatic rings. The second kappa shape index (κ2) is 7.10. The summed E-state index contributed by atoms with van der Waals surface area (Å²) in [6.07, 6.45) is 5.20. The van der Waals surface area contributed by atoms with Crippen LogP contribution >= 0.6 is 0 Å². The summed E-state index contributed by atoms with van der Waals surface area (Å²) in [5.74, 6) is 0.122. The molecule has 0 bridgehead atoms. The van der Waals surface area contributed by atoms with Gasteiger partial charge in [-0.1, -0.05) is 30.3 Å². The van der Waals surface area contributed by atoms with E-state index in [1.807, 2.05) is 36.4 Å². The van der Waals surface area contributed by atoms with Crippen molar-refractivity contribution in [3.8, 4) is 22.4 Å². The van der Waals surface area contributed by atoms with Crippen molar-refractivity contribution >= 4 is 11.6 Å². The van der Waals surface area contributed by atoms with Crippen LogP contribution in [0.1, 0.15) is 12.8 Å². The van der Waals surface area contributed by atoms with Gasteiger partial charge in [0.15, 0.2) is 0 Å². The van der Waals surface area contributed by atoms with Gasteiger partial charge in [-0.2, -0.15) is 14.9 Å². The van der Waals surface area contributed by atoms with E-state index in [1.54, 1.807) is 12.4 Å². The molecule has 0 saturated carbocycles. The molecule has 5 rings (SSSR count). The number of nitrogens with two attached hydrogens (primary N) is 1. The molecule has 0 amide bonds. The Morgan fingerprint density at radius 1 is 1.21 bits per heavy atom. The van der Waals surface area contributed by atoms with Gasteiger partial charge in [0.25, 0.3) is 0 Å². The maximum atomic E-state index is 13.1. The molecule has 9 heteroatoms. The second-order valence-corrected chi connectivity index (χ2v) is 7.01. The van der Waals surface area contributed by atoms with Crippen molar-refractivity contribution in [1.82, 2.24) is 25.0 Å². The quantitative estimate of drug-likeness (QED) is 0.506. The number of H-pyrrole nitrogens is 1. The van der Waals surface area contributed by atoms with Crippen LogP contribution in [0.15, 0.2) is 53.6 Å². The average Bonchev–Trinajstić information content (AvgIpc) is 3.38. The maximum absolute atomic E-state index is 13.1. The third-order valence-electron chi connectivity index (χ3n) is 5.15. The van der Waals surface area contributed by atoms with Gasteiger partial charge >= 0.3 is 11.6 Å². The Kier molecular flexibility index (Phi) is 4.28. The molecular weight excluding hydrogens is 370 g/mol. The fraction of sp³-hybridized carbons (Fsp3) is 0.250. The SMILES string of the molecule is Nc1nc(-c2ccccc2)c(-c2ccnnc2)c2[nH]n(C[C@H]3CCCO3)c(=O)[n+]12. The minimum Gasteiger partial charge on any atom is -0.375 e. The average molecular weight is 390 g/mol. The lowest BCUT2D eigenvalue weighted by molar-refractivity contribution is -0.516. The molecule has 1 atom stereocenters. The van der Waals surface area contributed by atoms with Crippen molar-refractivity contribution in [3.05, 3.63) is 59.3 Å². The lowest BCUT2D eigenvalue weighted by Gasteiger charge is -2.08. The third kappa shape index (κ3) is 3.05. The lowest BCUT2D eigenvalue weighted by Crippen LogP contribution is -2.45. The third-order valence-corrected chi connectivity index (χ3v) is 5.15. The zero-order valence-electron chi connectivity index (χ0n) is 15.7. The molecule has 4 heterocycles. The zero-order valence-corrected chi connectivity index (χ0v) is 15.7. The first-order chi connectivity index (χ1) is 14.2. The molecule has 3 N–H and O–H groups in total. The van der Waals surface area contributed by atoms with Gasteiger partial charge < -0.3 is 10.5 Å². The number of benzene rings is 1. The van der Waals surface area contributed by atoms with E-state index >= 15 is 0 Å². The van der Waals surface area contributed by atoms with Gasteiger partial charge in [0.05, 0.1) is 24.1 Å². The van der Waals surface area contributed by atoms with Crippen molar-refractivity contribution in [2.24, 2.45) is 0 Å². The Balaban J connectivity index is 1.78. The molecule has 1 aliphatic rings. The molecular formula is C20H20N7O2+. The summed E-state index contributed by atoms with van der Waals surface area (Å²) in [6.45, 7) is 1.16. The first-order valence-electron chi connectivity index (χ1n) is 9.50. The van der Waals surface area contributed by atoms with Crippen LogP contribution in [0, 0.1) is 0 Å². The molecule has 29 heavy (non-hydrogen) atoms. The molecule has 0 radical (unpaired) electrons. The second-order valence-electron chi connectivity index (χ2n) is 7.01. The van der Waals surface area contributed by atoms with Crippen LogP contribution < -0.4 is 15.8 Å². The van der Waals surface area contributed by atoms with E-state index < -0.39 is 0 Å². The van der Waals surface area contributed by atoms with E-state index in [0.717, 1.165) is 36.1 Å². The number of nitrogens with one attached hydrogen (secondary N) is 1. The molecule has 1 aliphatic heterocycles. The number of ether oxygens (including phenoxy) is 1. The Morgan fingerprint density at radius 2 is 2.07 bits per heavy atom. The van der Waals surface area contributed by atoms with E-state index in [4.69, 9.17) is 10.5 Å². The first-order valence-corrected chi connectivity index (χ1v) is 9.50. The van der Waals surface area contributed by atoms with Crippen molar-refractivity contribution in [1.29, 1.82) is 0 Å². The number of anilines is 1. The molecule has 146 valence electrons. The molecule has 3 aromatic heterocycles. The topological polar surface area (TPSA) is 116 Å². The number of aromatic nitrogens is 6. The highest BCUT2D eigenvalue weighted by Gasteiger charge is 2.27. The van der Waals surface area contributed by atoms with Crippen LogP contribution in [0.2, 0.25) is 0 Å². The highest BCUT2D eigenvalue weighted by molar-refractivity contribution is 5.88. The van der Waals surface area contributed by atoms with Gasteiger partial charge in [0, 0.05) is 17.7 Å². The van der Waals surface area contributed by atoms with Gasteiger partial charge in [-0.15, -0.1) is 9.38 Å². The Bertz CT molecular complexity index is 1210. The monoisotopic (exact) mass is 390 g/mol. The number of rotatable bonds is 4.